The van der Waals surface area contributed by atoms with Gasteiger partial charge in [0.15, 0.2) is 0 Å². The maximum Gasteiger partial charge on any atom is 0.131 e. The average molecular weight is 269 g/mol. The van der Waals surface area contributed by atoms with Crippen LogP contribution in [0.4, 0.5) is 10.2 Å². The van der Waals surface area contributed by atoms with E-state index in [4.69, 9.17) is 5.73 Å². The van der Waals surface area contributed by atoms with Crippen molar-refractivity contribution >= 4 is 5.82 Å². The van der Waals surface area contributed by atoms with Gasteiger partial charge in [0.25, 0.3) is 0 Å². The molecule has 0 aliphatic heterocycles. The molecule has 0 amide bonds. The van der Waals surface area contributed by atoms with E-state index in [-0.39, 0.29) is 5.82 Å². The maximum atomic E-state index is 14.0. The number of hydrogen-bond donors (Lipinski definition) is 1. The van der Waals surface area contributed by atoms with Crippen LogP contribution in [0.15, 0.2) is 43.0 Å². The summed E-state index contributed by atoms with van der Waals surface area (Å²) in [6.07, 6.45) is 4.68. The molecule has 1 aromatic carbocycles. The topological polar surface area (TPSA) is 69.6 Å². The first kappa shape index (κ1) is 12.3. The van der Waals surface area contributed by atoms with Gasteiger partial charge in [-0.25, -0.2) is 14.4 Å². The van der Waals surface area contributed by atoms with Crippen LogP contribution in [0.2, 0.25) is 0 Å². The second-order valence-electron chi connectivity index (χ2n) is 4.34. The van der Waals surface area contributed by atoms with Crippen LogP contribution in [0, 0.1) is 5.82 Å². The van der Waals surface area contributed by atoms with Crippen LogP contribution in [0.25, 0.3) is 22.4 Å². The number of hydrogen-bond acceptors (Lipinski definition) is 4. The molecule has 100 valence electrons. The SMILES string of the molecule is Cn1nc(-c2cncnc2)c(-c2ccccc2F)c1N. The number of aromatic nitrogens is 4. The predicted molar refractivity (Wildman–Crippen MR) is 74.0 cm³/mol. The lowest BCUT2D eigenvalue weighted by Gasteiger charge is -2.05. The highest BCUT2D eigenvalue weighted by Gasteiger charge is 2.19. The molecule has 0 spiro atoms. The first-order valence-electron chi connectivity index (χ1n) is 6.01. The van der Waals surface area contributed by atoms with Gasteiger partial charge in [-0.1, -0.05) is 18.2 Å². The van der Waals surface area contributed by atoms with E-state index in [9.17, 15) is 4.39 Å². The van der Waals surface area contributed by atoms with E-state index in [1.807, 2.05) is 0 Å². The lowest BCUT2D eigenvalue weighted by atomic mass is 10.0. The molecule has 0 saturated heterocycles. The predicted octanol–water partition coefficient (Wildman–Crippen LogP) is 2.27. The molecule has 0 saturated carbocycles. The van der Waals surface area contributed by atoms with E-state index in [1.165, 1.54) is 17.1 Å². The van der Waals surface area contributed by atoms with Gasteiger partial charge >= 0.3 is 0 Å². The minimum absolute atomic E-state index is 0.342. The Bertz CT molecular complexity index is 752. The first-order valence-corrected chi connectivity index (χ1v) is 6.01. The monoisotopic (exact) mass is 269 g/mol. The van der Waals surface area contributed by atoms with Gasteiger partial charge in [0.05, 0.1) is 5.56 Å². The zero-order chi connectivity index (χ0) is 14.1. The van der Waals surface area contributed by atoms with Crippen molar-refractivity contribution in [3.05, 3.63) is 48.8 Å². The third-order valence-electron chi connectivity index (χ3n) is 3.07. The van der Waals surface area contributed by atoms with Crippen LogP contribution in [-0.2, 0) is 7.05 Å². The summed E-state index contributed by atoms with van der Waals surface area (Å²) in [5.74, 6) is 0.0549. The van der Waals surface area contributed by atoms with Crippen molar-refractivity contribution in [2.24, 2.45) is 7.05 Å². The Morgan fingerprint density at radius 2 is 1.85 bits per heavy atom. The Morgan fingerprint density at radius 3 is 2.55 bits per heavy atom. The highest BCUT2D eigenvalue weighted by molar-refractivity contribution is 5.87. The molecular formula is C14H12FN5. The van der Waals surface area contributed by atoms with E-state index < -0.39 is 0 Å². The third-order valence-corrected chi connectivity index (χ3v) is 3.07. The largest absolute Gasteiger partial charge is 0.383 e. The number of rotatable bonds is 2. The fourth-order valence-electron chi connectivity index (χ4n) is 2.09. The number of nitrogens with zero attached hydrogens (tertiary/aromatic N) is 4. The second kappa shape index (κ2) is 4.73. The molecule has 0 bridgehead atoms. The summed E-state index contributed by atoms with van der Waals surface area (Å²) >= 11 is 0. The zero-order valence-electron chi connectivity index (χ0n) is 10.8. The Morgan fingerprint density at radius 1 is 1.15 bits per heavy atom. The zero-order valence-corrected chi connectivity index (χ0v) is 10.8. The van der Waals surface area contributed by atoms with Crippen LogP contribution in [0.1, 0.15) is 0 Å². The van der Waals surface area contributed by atoms with E-state index in [0.29, 0.717) is 28.2 Å². The average Bonchev–Trinajstić information content (AvgIpc) is 2.77. The third kappa shape index (κ3) is 1.91. The van der Waals surface area contributed by atoms with Gasteiger partial charge in [-0.05, 0) is 6.07 Å². The Hall–Kier alpha value is -2.76. The highest BCUT2D eigenvalue weighted by atomic mass is 19.1. The minimum atomic E-state index is -0.342. The highest BCUT2D eigenvalue weighted by Crippen LogP contribution is 2.36. The smallest absolute Gasteiger partial charge is 0.131 e. The minimum Gasteiger partial charge on any atom is -0.383 e. The van der Waals surface area contributed by atoms with Crippen molar-refractivity contribution in [3.8, 4) is 22.4 Å². The fourth-order valence-corrected chi connectivity index (χ4v) is 2.09. The van der Waals surface area contributed by atoms with Crippen molar-refractivity contribution in [1.82, 2.24) is 19.7 Å². The normalized spacial score (nSPS) is 10.7. The number of anilines is 1. The molecule has 0 aliphatic carbocycles. The van der Waals surface area contributed by atoms with Crippen molar-refractivity contribution in [2.45, 2.75) is 0 Å². The number of halogens is 1. The quantitative estimate of drug-likeness (QED) is 0.774. The van der Waals surface area contributed by atoms with Gasteiger partial charge in [0.1, 0.15) is 23.7 Å². The van der Waals surface area contributed by atoms with E-state index in [0.717, 1.165) is 0 Å². The second-order valence-corrected chi connectivity index (χ2v) is 4.34. The van der Waals surface area contributed by atoms with Crippen molar-refractivity contribution in [1.29, 1.82) is 0 Å². The number of aryl methyl sites for hydroxylation is 1. The summed E-state index contributed by atoms with van der Waals surface area (Å²) in [4.78, 5) is 7.92. The Kier molecular flexibility index (Phi) is 2.90. The van der Waals surface area contributed by atoms with Crippen LogP contribution >= 0.6 is 0 Å². The lowest BCUT2D eigenvalue weighted by molar-refractivity contribution is 0.631. The molecule has 20 heavy (non-hydrogen) atoms. The van der Waals surface area contributed by atoms with Gasteiger partial charge < -0.3 is 5.73 Å². The van der Waals surface area contributed by atoms with Crippen molar-refractivity contribution in [3.63, 3.8) is 0 Å². The van der Waals surface area contributed by atoms with Gasteiger partial charge in [-0.15, -0.1) is 0 Å². The van der Waals surface area contributed by atoms with Crippen molar-refractivity contribution in [2.75, 3.05) is 5.73 Å². The summed E-state index contributed by atoms with van der Waals surface area (Å²) in [6.45, 7) is 0. The van der Waals surface area contributed by atoms with Gasteiger partial charge in [0.2, 0.25) is 0 Å². The standard InChI is InChI=1S/C14H12FN5/c1-20-14(16)12(10-4-2-3-5-11(10)15)13(19-20)9-6-17-8-18-7-9/h2-8H,16H2,1H3. The molecule has 2 N–H and O–H groups in total. The van der Waals surface area contributed by atoms with E-state index in [1.54, 1.807) is 37.6 Å². The maximum absolute atomic E-state index is 14.0. The number of nitrogens with two attached hydrogens (primary N) is 1. The van der Waals surface area contributed by atoms with E-state index in [2.05, 4.69) is 15.1 Å². The molecule has 3 rings (SSSR count). The van der Waals surface area contributed by atoms with Crippen LogP contribution < -0.4 is 5.73 Å². The molecule has 0 unspecified atom stereocenters. The van der Waals surface area contributed by atoms with Crippen LogP contribution in [-0.4, -0.2) is 19.7 Å². The van der Waals surface area contributed by atoms with E-state index >= 15 is 0 Å². The molecule has 0 fully saturated rings. The first-order chi connectivity index (χ1) is 9.68. The molecule has 6 heteroatoms. The summed E-state index contributed by atoms with van der Waals surface area (Å²) < 4.78 is 15.6. The summed E-state index contributed by atoms with van der Waals surface area (Å²) in [6, 6.07) is 6.47. The lowest BCUT2D eigenvalue weighted by Crippen LogP contribution is -1.98. The Balaban J connectivity index is 2.29. The molecule has 5 nitrogen and oxygen atoms in total. The van der Waals surface area contributed by atoms with Gasteiger partial charge in [-0.3, -0.25) is 4.68 Å². The molecule has 0 aliphatic rings. The number of nitrogen functional groups attached to an aromatic ring is 1. The molecule has 2 heterocycles. The van der Waals surface area contributed by atoms with Gasteiger partial charge in [-0.2, -0.15) is 5.10 Å². The summed E-state index contributed by atoms with van der Waals surface area (Å²) in [5.41, 5.74) is 8.26. The summed E-state index contributed by atoms with van der Waals surface area (Å²) in [5, 5.41) is 4.34. The molecule has 3 aromatic rings. The van der Waals surface area contributed by atoms with Crippen molar-refractivity contribution < 1.29 is 4.39 Å². The molecular weight excluding hydrogens is 257 g/mol. The number of benzene rings is 1. The molecule has 2 aromatic heterocycles. The van der Waals surface area contributed by atoms with Gasteiger partial charge in [0, 0.05) is 30.6 Å². The molecule has 0 atom stereocenters. The Labute approximate surface area is 114 Å². The fraction of sp³-hybridized carbons (Fsp3) is 0.0714. The van der Waals surface area contributed by atoms with Crippen LogP contribution in [0.5, 0.6) is 0 Å². The summed E-state index contributed by atoms with van der Waals surface area (Å²) in [7, 11) is 1.72. The van der Waals surface area contributed by atoms with Crippen LogP contribution in [0.3, 0.4) is 0 Å². The molecule has 0 radical (unpaired) electrons.